The minimum absolute atomic E-state index is 0.0122. The van der Waals surface area contributed by atoms with Crippen molar-refractivity contribution < 1.29 is 19.8 Å². The largest absolute Gasteiger partial charge is 0.506 e. The molecule has 10 heteroatoms. The molecule has 4 rings (SSSR count). The van der Waals surface area contributed by atoms with Crippen molar-refractivity contribution in [2.24, 2.45) is 0 Å². The first-order chi connectivity index (χ1) is 16.4. The Labute approximate surface area is 213 Å². The fraction of sp³-hybridized carbons (Fsp3) is 0.583. The number of hydrogen-bond donors (Lipinski definition) is 4. The molecule has 1 aromatic carbocycles. The molecule has 1 amide bonds. The first kappa shape index (κ1) is 28.5. The Morgan fingerprint density at radius 2 is 1.91 bits per heavy atom. The number of carbonyl (C=O) groups is 2. The molecular weight excluding hydrogens is 476 g/mol. The van der Waals surface area contributed by atoms with Crippen LogP contribution in [0.4, 0.5) is 5.69 Å². The summed E-state index contributed by atoms with van der Waals surface area (Å²) < 4.78 is 0. The van der Waals surface area contributed by atoms with Gasteiger partial charge in [-0.05, 0) is 49.8 Å². The maximum atomic E-state index is 12.7. The predicted molar refractivity (Wildman–Crippen MR) is 140 cm³/mol. The van der Waals surface area contributed by atoms with E-state index in [0.717, 1.165) is 38.0 Å². The average molecular weight is 513 g/mol. The van der Waals surface area contributed by atoms with Crippen molar-refractivity contribution in [1.29, 1.82) is 0 Å². The number of aldehydes is 1. The van der Waals surface area contributed by atoms with Crippen LogP contribution in [0, 0.1) is 0 Å². The van der Waals surface area contributed by atoms with Crippen molar-refractivity contribution in [3.63, 3.8) is 0 Å². The number of phenolic OH excluding ortho intramolecular Hbond substituents is 1. The summed E-state index contributed by atoms with van der Waals surface area (Å²) in [7, 11) is 2.09. The number of aliphatic hydroxyl groups is 1. The molecule has 2 heterocycles. The van der Waals surface area contributed by atoms with Crippen LogP contribution in [0.3, 0.4) is 0 Å². The average Bonchev–Trinajstić information content (AvgIpc) is 3.67. The molecule has 1 aliphatic carbocycles. The number of thiol groups is 1. The highest BCUT2D eigenvalue weighted by Crippen LogP contribution is 2.45. The van der Waals surface area contributed by atoms with Crippen molar-refractivity contribution in [3.8, 4) is 5.75 Å². The summed E-state index contributed by atoms with van der Waals surface area (Å²) in [4.78, 5) is 28.2. The van der Waals surface area contributed by atoms with E-state index in [0.29, 0.717) is 42.0 Å². The van der Waals surface area contributed by atoms with Crippen LogP contribution < -0.4 is 5.32 Å². The van der Waals surface area contributed by atoms with Gasteiger partial charge in [-0.25, -0.2) is 0 Å². The zero-order valence-electron chi connectivity index (χ0n) is 20.0. The molecule has 0 spiro atoms. The Morgan fingerprint density at radius 3 is 2.44 bits per heavy atom. The number of piperazine rings is 1. The van der Waals surface area contributed by atoms with Gasteiger partial charge in [0.05, 0.1) is 24.9 Å². The maximum Gasteiger partial charge on any atom is 0.241 e. The van der Waals surface area contributed by atoms with E-state index in [1.54, 1.807) is 12.3 Å². The highest BCUT2D eigenvalue weighted by molar-refractivity contribution is 7.79. The third-order valence-corrected chi connectivity index (χ3v) is 6.59. The van der Waals surface area contributed by atoms with Gasteiger partial charge in [-0.15, -0.1) is 0 Å². The van der Waals surface area contributed by atoms with Crippen LogP contribution in [0.1, 0.15) is 24.3 Å². The highest BCUT2D eigenvalue weighted by atomic mass is 35.5. The van der Waals surface area contributed by atoms with Gasteiger partial charge in [0, 0.05) is 49.9 Å². The normalized spacial score (nSPS) is 20.7. The van der Waals surface area contributed by atoms with Gasteiger partial charge in [0.25, 0.3) is 0 Å². The SMILES string of the molecule is C=CC=O.CN1CC(N2CCN(C(=O)CNc3cc(C4CC4)c(Cl)cc3O)CC2CO)C1.CS. The van der Waals surface area contributed by atoms with E-state index in [9.17, 15) is 15.0 Å². The molecule has 0 bridgehead atoms. The smallest absolute Gasteiger partial charge is 0.241 e. The molecule has 0 aromatic heterocycles. The van der Waals surface area contributed by atoms with E-state index in [-0.39, 0.29) is 30.9 Å². The molecule has 3 N–H and O–H groups in total. The van der Waals surface area contributed by atoms with E-state index in [2.05, 4.69) is 41.4 Å². The number of benzene rings is 1. The van der Waals surface area contributed by atoms with Crippen LogP contribution in [-0.2, 0) is 9.59 Å². The van der Waals surface area contributed by atoms with Gasteiger partial charge >= 0.3 is 0 Å². The van der Waals surface area contributed by atoms with Gasteiger partial charge in [-0.1, -0.05) is 18.2 Å². The van der Waals surface area contributed by atoms with E-state index in [4.69, 9.17) is 16.4 Å². The first-order valence-corrected chi connectivity index (χ1v) is 12.7. The highest BCUT2D eigenvalue weighted by Gasteiger charge is 2.37. The van der Waals surface area contributed by atoms with E-state index >= 15 is 0 Å². The fourth-order valence-corrected chi connectivity index (χ4v) is 4.64. The van der Waals surface area contributed by atoms with Crippen LogP contribution in [0.2, 0.25) is 5.02 Å². The van der Waals surface area contributed by atoms with Gasteiger partial charge in [-0.2, -0.15) is 12.6 Å². The number of hydrogen-bond acceptors (Lipinski definition) is 8. The van der Waals surface area contributed by atoms with Crippen LogP contribution in [0.15, 0.2) is 24.8 Å². The lowest BCUT2D eigenvalue weighted by molar-refractivity contribution is -0.134. The molecule has 3 aliphatic rings. The lowest BCUT2D eigenvalue weighted by atomic mass is 10.0. The summed E-state index contributed by atoms with van der Waals surface area (Å²) in [6, 6.07) is 3.88. The quantitative estimate of drug-likeness (QED) is 0.192. The summed E-state index contributed by atoms with van der Waals surface area (Å²) in [5, 5.41) is 23.6. The maximum absolute atomic E-state index is 12.7. The van der Waals surface area contributed by atoms with Crippen LogP contribution in [0.25, 0.3) is 0 Å². The summed E-state index contributed by atoms with van der Waals surface area (Å²) in [5.74, 6) is 0.508. The van der Waals surface area contributed by atoms with Gasteiger partial charge in [0.2, 0.25) is 5.91 Å². The Kier molecular flexibility index (Phi) is 11.7. The number of aromatic hydroxyl groups is 1. The fourth-order valence-electron chi connectivity index (χ4n) is 4.33. The second-order valence-corrected chi connectivity index (χ2v) is 9.09. The standard InChI is InChI=1S/C20H29ClN4O3.C3H4O.CH4S/c1-23-9-14(10-23)25-5-4-24(11-15(25)12-26)20(28)8-22-18-6-16(13-2-3-13)17(21)7-19(18)27;1-2-3-4;1-2/h6-7,13-15,22,26-27H,2-5,8-12H2,1H3;2-3H,1H2;2H,1H3. The van der Waals surface area contributed by atoms with Gasteiger partial charge in [-0.3, -0.25) is 14.5 Å². The Balaban J connectivity index is 0.000000618. The molecular formula is C24H37ClN4O4S. The number of phenols is 1. The lowest BCUT2D eigenvalue weighted by Crippen LogP contribution is -2.66. The Bertz CT molecular complexity index is 827. The number of likely N-dealkylation sites (N-methyl/N-ethyl adjacent to an activating group) is 1. The minimum Gasteiger partial charge on any atom is -0.506 e. The number of rotatable bonds is 7. The molecule has 190 valence electrons. The predicted octanol–water partition coefficient (Wildman–Crippen LogP) is 2.07. The van der Waals surface area contributed by atoms with E-state index < -0.39 is 0 Å². The minimum atomic E-state index is -0.0221. The molecule has 0 radical (unpaired) electrons. The van der Waals surface area contributed by atoms with Gasteiger partial charge < -0.3 is 25.3 Å². The van der Waals surface area contributed by atoms with Crippen molar-refractivity contribution in [3.05, 3.63) is 35.4 Å². The molecule has 34 heavy (non-hydrogen) atoms. The van der Waals surface area contributed by atoms with Crippen LogP contribution >= 0.6 is 24.2 Å². The van der Waals surface area contributed by atoms with Gasteiger partial charge in [0.15, 0.2) is 0 Å². The number of anilines is 1. The molecule has 2 saturated heterocycles. The monoisotopic (exact) mass is 512 g/mol. The van der Waals surface area contributed by atoms with Crippen molar-refractivity contribution in [1.82, 2.24) is 14.7 Å². The third kappa shape index (κ3) is 7.61. The topological polar surface area (TPSA) is 96.4 Å². The summed E-state index contributed by atoms with van der Waals surface area (Å²) >= 11 is 9.75. The number of nitrogens with zero attached hydrogens (tertiary/aromatic N) is 3. The molecule has 2 aliphatic heterocycles. The number of carbonyl (C=O) groups excluding carboxylic acids is 2. The molecule has 1 saturated carbocycles. The number of amides is 1. The van der Waals surface area contributed by atoms with E-state index in [1.165, 1.54) is 6.08 Å². The molecule has 3 fully saturated rings. The summed E-state index contributed by atoms with van der Waals surface area (Å²) in [6.07, 6.45) is 5.76. The summed E-state index contributed by atoms with van der Waals surface area (Å²) in [6.45, 7) is 7.31. The Hall–Kier alpha value is -1.78. The number of halogens is 1. The number of aliphatic hydroxyl groups excluding tert-OH is 1. The number of nitrogens with one attached hydrogen (secondary N) is 1. The Morgan fingerprint density at radius 1 is 1.26 bits per heavy atom. The third-order valence-electron chi connectivity index (χ3n) is 6.26. The van der Waals surface area contributed by atoms with Crippen LogP contribution in [0.5, 0.6) is 5.75 Å². The zero-order chi connectivity index (χ0) is 25.3. The second kappa shape index (κ2) is 13.9. The summed E-state index contributed by atoms with van der Waals surface area (Å²) in [5.41, 5.74) is 1.59. The van der Waals surface area contributed by atoms with Crippen molar-refractivity contribution in [2.45, 2.75) is 30.8 Å². The molecule has 1 aromatic rings. The van der Waals surface area contributed by atoms with Crippen molar-refractivity contribution >= 4 is 42.1 Å². The molecule has 8 nitrogen and oxygen atoms in total. The van der Waals surface area contributed by atoms with Gasteiger partial charge in [0.1, 0.15) is 12.0 Å². The molecule has 1 unspecified atom stereocenters. The molecule has 1 atom stereocenters. The number of allylic oxidation sites excluding steroid dienone is 1. The van der Waals surface area contributed by atoms with Crippen LogP contribution in [-0.4, -0.2) is 108 Å². The number of likely N-dealkylation sites (tertiary alicyclic amines) is 1. The van der Waals surface area contributed by atoms with Crippen molar-refractivity contribution in [2.75, 3.05) is 64.5 Å². The zero-order valence-corrected chi connectivity index (χ0v) is 21.6. The lowest BCUT2D eigenvalue weighted by Gasteiger charge is -2.50. The second-order valence-electron chi connectivity index (χ2n) is 8.68. The van der Waals surface area contributed by atoms with E-state index in [1.807, 2.05) is 11.0 Å². The first-order valence-electron chi connectivity index (χ1n) is 11.5.